The van der Waals surface area contributed by atoms with Crippen molar-refractivity contribution in [3.8, 4) is 0 Å². The summed E-state index contributed by atoms with van der Waals surface area (Å²) in [4.78, 5) is 12.5. The zero-order valence-corrected chi connectivity index (χ0v) is 11.3. The summed E-state index contributed by atoms with van der Waals surface area (Å²) in [5, 5.41) is 0. The monoisotopic (exact) mass is 260 g/mol. The van der Waals surface area contributed by atoms with Gasteiger partial charge in [0.05, 0.1) is 12.7 Å². The van der Waals surface area contributed by atoms with E-state index in [1.54, 1.807) is 0 Å². The van der Waals surface area contributed by atoms with E-state index in [1.165, 1.54) is 12.8 Å². The summed E-state index contributed by atoms with van der Waals surface area (Å²) >= 11 is 0. The van der Waals surface area contributed by atoms with Crippen LogP contribution in [0.15, 0.2) is 30.3 Å². The highest BCUT2D eigenvalue weighted by Gasteiger charge is 2.62. The maximum absolute atomic E-state index is 12.5. The Morgan fingerprint density at radius 1 is 1.32 bits per heavy atom. The fourth-order valence-electron chi connectivity index (χ4n) is 3.48. The molecule has 3 atom stereocenters. The Morgan fingerprint density at radius 3 is 2.74 bits per heavy atom. The molecule has 1 heterocycles. The van der Waals surface area contributed by atoms with E-state index in [0.717, 1.165) is 18.4 Å². The average Bonchev–Trinajstić information content (AvgIpc) is 2.42. The van der Waals surface area contributed by atoms with Crippen molar-refractivity contribution in [2.75, 3.05) is 6.61 Å². The van der Waals surface area contributed by atoms with Crippen molar-refractivity contribution in [2.24, 2.45) is 5.92 Å². The third kappa shape index (κ3) is 1.88. The number of hydrogen-bond donors (Lipinski definition) is 0. The quantitative estimate of drug-likeness (QED) is 0.784. The van der Waals surface area contributed by atoms with Crippen LogP contribution in [0.3, 0.4) is 0 Å². The highest BCUT2D eigenvalue weighted by atomic mass is 16.6. The van der Waals surface area contributed by atoms with Gasteiger partial charge in [0, 0.05) is 5.92 Å². The van der Waals surface area contributed by atoms with Crippen LogP contribution in [0.4, 0.5) is 0 Å². The fourth-order valence-corrected chi connectivity index (χ4v) is 3.48. The highest BCUT2D eigenvalue weighted by molar-refractivity contribution is 5.83. The molecule has 1 aromatic rings. The molecular weight excluding hydrogens is 240 g/mol. The van der Waals surface area contributed by atoms with E-state index >= 15 is 0 Å². The number of hydrogen-bond acceptors (Lipinski definition) is 3. The summed E-state index contributed by atoms with van der Waals surface area (Å²) in [7, 11) is 0. The largest absolute Gasteiger partial charge is 0.464 e. The van der Waals surface area contributed by atoms with Crippen LogP contribution in [0.25, 0.3) is 0 Å². The summed E-state index contributed by atoms with van der Waals surface area (Å²) in [6, 6.07) is 9.81. The first-order chi connectivity index (χ1) is 9.29. The molecule has 0 bridgehead atoms. The topological polar surface area (TPSA) is 35.5 Å². The van der Waals surface area contributed by atoms with Gasteiger partial charge >= 0.3 is 5.97 Å². The van der Waals surface area contributed by atoms with Crippen molar-refractivity contribution in [2.45, 2.75) is 44.3 Å². The molecule has 0 spiro atoms. The van der Waals surface area contributed by atoms with Crippen LogP contribution < -0.4 is 0 Å². The van der Waals surface area contributed by atoms with Crippen molar-refractivity contribution in [3.63, 3.8) is 0 Å². The number of rotatable bonds is 3. The molecule has 0 unspecified atom stereocenters. The average molecular weight is 260 g/mol. The van der Waals surface area contributed by atoms with Crippen LogP contribution in [0.1, 0.15) is 38.2 Å². The second kappa shape index (κ2) is 4.97. The molecule has 102 valence electrons. The molecular formula is C16H20O3. The maximum atomic E-state index is 12.5. The van der Waals surface area contributed by atoms with Gasteiger partial charge < -0.3 is 9.47 Å². The molecule has 3 nitrogen and oxygen atoms in total. The number of ether oxygens (including phenoxy) is 2. The van der Waals surface area contributed by atoms with Gasteiger partial charge in [-0.25, -0.2) is 4.79 Å². The molecule has 3 heteroatoms. The molecule has 0 amide bonds. The van der Waals surface area contributed by atoms with Crippen LogP contribution in [0.2, 0.25) is 0 Å². The Morgan fingerprint density at radius 2 is 2.05 bits per heavy atom. The second-order valence-corrected chi connectivity index (χ2v) is 5.37. The SMILES string of the molecule is CCOC(=O)[C@]1(c2ccccc2)O[C@@H]2CCCC[C@@H]21. The smallest absolute Gasteiger partial charge is 0.343 e. The lowest BCUT2D eigenvalue weighted by Crippen LogP contribution is -2.63. The van der Waals surface area contributed by atoms with Gasteiger partial charge in [0.1, 0.15) is 0 Å². The summed E-state index contributed by atoms with van der Waals surface area (Å²) in [6.45, 7) is 2.24. The number of carbonyl (C=O) groups is 1. The van der Waals surface area contributed by atoms with E-state index in [2.05, 4.69) is 0 Å². The van der Waals surface area contributed by atoms with E-state index in [0.29, 0.717) is 6.61 Å². The molecule has 19 heavy (non-hydrogen) atoms. The summed E-state index contributed by atoms with van der Waals surface area (Å²) in [5.74, 6) is 0.0621. The van der Waals surface area contributed by atoms with Gasteiger partial charge in [0.25, 0.3) is 0 Å². The third-order valence-corrected chi connectivity index (χ3v) is 4.34. The highest BCUT2D eigenvalue weighted by Crippen LogP contribution is 2.53. The van der Waals surface area contributed by atoms with Gasteiger partial charge in [0.15, 0.2) is 5.60 Å². The number of fused-ring (bicyclic) bond motifs is 1. The van der Waals surface area contributed by atoms with Crippen molar-refractivity contribution in [1.82, 2.24) is 0 Å². The van der Waals surface area contributed by atoms with Crippen LogP contribution in [-0.4, -0.2) is 18.7 Å². The maximum Gasteiger partial charge on any atom is 0.343 e. The van der Waals surface area contributed by atoms with Crippen molar-refractivity contribution in [3.05, 3.63) is 35.9 Å². The van der Waals surface area contributed by atoms with E-state index in [-0.39, 0.29) is 18.0 Å². The number of benzene rings is 1. The van der Waals surface area contributed by atoms with E-state index < -0.39 is 5.60 Å². The van der Waals surface area contributed by atoms with E-state index in [4.69, 9.17) is 9.47 Å². The first-order valence-corrected chi connectivity index (χ1v) is 7.19. The normalized spacial score (nSPS) is 33.1. The Kier molecular flexibility index (Phi) is 3.31. The molecule has 3 rings (SSSR count). The zero-order chi connectivity index (χ0) is 13.3. The zero-order valence-electron chi connectivity index (χ0n) is 11.3. The summed E-state index contributed by atoms with van der Waals surface area (Å²) < 4.78 is 11.3. The fraction of sp³-hybridized carbons (Fsp3) is 0.562. The van der Waals surface area contributed by atoms with E-state index in [1.807, 2.05) is 37.3 Å². The van der Waals surface area contributed by atoms with Crippen LogP contribution in [0.5, 0.6) is 0 Å². The predicted octanol–water partition coefficient (Wildman–Crippen LogP) is 3.03. The molecule has 1 saturated carbocycles. The Bertz CT molecular complexity index is 456. The third-order valence-electron chi connectivity index (χ3n) is 4.34. The van der Waals surface area contributed by atoms with Gasteiger partial charge in [0.2, 0.25) is 0 Å². The van der Waals surface area contributed by atoms with Gasteiger partial charge in [-0.15, -0.1) is 0 Å². The molecule has 1 aliphatic heterocycles. The summed E-state index contributed by atoms with van der Waals surface area (Å²) in [5.41, 5.74) is 0.0964. The molecule has 0 radical (unpaired) electrons. The number of esters is 1. The van der Waals surface area contributed by atoms with Crippen molar-refractivity contribution in [1.29, 1.82) is 0 Å². The Balaban J connectivity index is 1.95. The summed E-state index contributed by atoms with van der Waals surface area (Å²) in [6.07, 6.45) is 4.74. The second-order valence-electron chi connectivity index (χ2n) is 5.37. The van der Waals surface area contributed by atoms with Crippen LogP contribution in [0, 0.1) is 5.92 Å². The molecule has 0 aromatic heterocycles. The lowest BCUT2D eigenvalue weighted by atomic mass is 9.66. The minimum atomic E-state index is -0.845. The standard InChI is InChI=1S/C16H20O3/c1-2-18-15(17)16(12-8-4-3-5-9-12)13-10-6-7-11-14(13)19-16/h3-5,8-9,13-14H,2,6-7,10-11H2,1H3/t13-,14+,16+/m0/s1. The van der Waals surface area contributed by atoms with Crippen molar-refractivity contribution < 1.29 is 14.3 Å². The molecule has 0 N–H and O–H groups in total. The molecule has 2 fully saturated rings. The molecule has 1 aromatic carbocycles. The van der Waals surface area contributed by atoms with Gasteiger partial charge in [-0.1, -0.05) is 43.2 Å². The molecule has 1 aliphatic carbocycles. The van der Waals surface area contributed by atoms with Gasteiger partial charge in [-0.3, -0.25) is 0 Å². The lowest BCUT2D eigenvalue weighted by Gasteiger charge is -2.55. The molecule has 2 aliphatic rings. The lowest BCUT2D eigenvalue weighted by molar-refractivity contribution is -0.280. The van der Waals surface area contributed by atoms with Crippen LogP contribution >= 0.6 is 0 Å². The van der Waals surface area contributed by atoms with E-state index in [9.17, 15) is 4.79 Å². The van der Waals surface area contributed by atoms with Crippen molar-refractivity contribution >= 4 is 5.97 Å². The Hall–Kier alpha value is -1.35. The van der Waals surface area contributed by atoms with Gasteiger partial charge in [-0.05, 0) is 25.3 Å². The van der Waals surface area contributed by atoms with Crippen LogP contribution in [-0.2, 0) is 19.9 Å². The minimum Gasteiger partial charge on any atom is -0.464 e. The minimum absolute atomic E-state index is 0.218. The number of carbonyl (C=O) groups excluding carboxylic acids is 1. The predicted molar refractivity (Wildman–Crippen MR) is 71.6 cm³/mol. The first kappa shape index (κ1) is 12.7. The Labute approximate surface area is 113 Å². The first-order valence-electron chi connectivity index (χ1n) is 7.19. The molecule has 1 saturated heterocycles. The van der Waals surface area contributed by atoms with Gasteiger partial charge in [-0.2, -0.15) is 0 Å².